The van der Waals surface area contributed by atoms with E-state index in [1.54, 1.807) is 20.0 Å². The van der Waals surface area contributed by atoms with Gasteiger partial charge in [0.1, 0.15) is 5.75 Å². The molecule has 1 aromatic carbocycles. The molecule has 0 radical (unpaired) electrons. The number of thiazole rings is 1. The van der Waals surface area contributed by atoms with Crippen molar-refractivity contribution < 1.29 is 14.6 Å². The first kappa shape index (κ1) is 19.3. The lowest BCUT2D eigenvalue weighted by molar-refractivity contribution is -0.146. The molecular formula is C19H18BrN3O3S. The third kappa shape index (κ3) is 5.05. The molecule has 2 aromatic heterocycles. The first-order valence-electron chi connectivity index (χ1n) is 8.17. The molecule has 3 aromatic rings. The Morgan fingerprint density at radius 3 is 2.78 bits per heavy atom. The van der Waals surface area contributed by atoms with E-state index in [9.17, 15) is 9.90 Å². The van der Waals surface area contributed by atoms with E-state index in [4.69, 9.17) is 4.74 Å². The monoisotopic (exact) mass is 447 g/mol. The zero-order valence-electron chi connectivity index (χ0n) is 14.8. The number of aliphatic carboxylic acids is 1. The van der Waals surface area contributed by atoms with Gasteiger partial charge in [0.15, 0.2) is 16.7 Å². The van der Waals surface area contributed by atoms with E-state index in [0.29, 0.717) is 28.9 Å². The molecule has 0 atom stereocenters. The largest absolute Gasteiger partial charge is 0.481 e. The molecule has 27 heavy (non-hydrogen) atoms. The zero-order chi connectivity index (χ0) is 19.4. The van der Waals surface area contributed by atoms with Gasteiger partial charge in [-0.2, -0.15) is 0 Å². The number of rotatable bonds is 7. The van der Waals surface area contributed by atoms with Gasteiger partial charge >= 0.3 is 5.97 Å². The molecule has 0 saturated heterocycles. The normalized spacial score (nSPS) is 11.2. The van der Waals surface area contributed by atoms with Crippen LogP contribution in [0, 0.1) is 5.41 Å². The second-order valence-corrected chi connectivity index (χ2v) is 8.32. The molecule has 0 aliphatic heterocycles. The van der Waals surface area contributed by atoms with Gasteiger partial charge in [0, 0.05) is 28.5 Å². The quantitative estimate of drug-likeness (QED) is 0.497. The Hall–Kier alpha value is -2.45. The van der Waals surface area contributed by atoms with Crippen molar-refractivity contribution in [2.75, 3.05) is 5.32 Å². The maximum atomic E-state index is 11.3. The van der Waals surface area contributed by atoms with Crippen molar-refractivity contribution in [3.05, 3.63) is 58.1 Å². The lowest BCUT2D eigenvalue weighted by Crippen LogP contribution is -2.26. The molecular weight excluding hydrogens is 430 g/mol. The Labute approximate surface area is 169 Å². The minimum Gasteiger partial charge on any atom is -0.481 e. The summed E-state index contributed by atoms with van der Waals surface area (Å²) in [6.45, 7) is 3.37. The van der Waals surface area contributed by atoms with Crippen molar-refractivity contribution in [3.63, 3.8) is 0 Å². The second kappa shape index (κ2) is 8.06. The molecule has 0 aliphatic rings. The van der Waals surface area contributed by atoms with Crippen LogP contribution >= 0.6 is 27.3 Å². The molecule has 6 nitrogen and oxygen atoms in total. The number of nitrogens with zero attached hydrogens (tertiary/aromatic N) is 2. The number of carboxylic acid groups (broad SMARTS) is 1. The number of nitrogens with one attached hydrogen (secondary N) is 1. The molecule has 2 heterocycles. The molecule has 0 amide bonds. The van der Waals surface area contributed by atoms with Gasteiger partial charge in [-0.1, -0.05) is 18.2 Å². The average Bonchev–Trinajstić information content (AvgIpc) is 3.04. The lowest BCUT2D eigenvalue weighted by atomic mass is 9.88. The number of anilines is 2. The Kier molecular flexibility index (Phi) is 5.76. The van der Waals surface area contributed by atoms with Crippen LogP contribution in [0.15, 0.2) is 52.4 Å². The van der Waals surface area contributed by atoms with Crippen LogP contribution in [0.5, 0.6) is 11.5 Å². The molecule has 8 heteroatoms. The minimum atomic E-state index is -0.872. The third-order valence-electron chi connectivity index (χ3n) is 3.77. The molecule has 0 spiro atoms. The number of aromatic nitrogens is 2. The van der Waals surface area contributed by atoms with Crippen LogP contribution in [0.1, 0.15) is 19.5 Å². The van der Waals surface area contributed by atoms with E-state index >= 15 is 0 Å². The Balaban J connectivity index is 1.79. The van der Waals surface area contributed by atoms with Crippen molar-refractivity contribution in [3.8, 4) is 11.5 Å². The lowest BCUT2D eigenvalue weighted by Gasteiger charge is -2.17. The van der Waals surface area contributed by atoms with Crippen molar-refractivity contribution in [1.82, 2.24) is 9.97 Å². The van der Waals surface area contributed by atoms with Crippen molar-refractivity contribution in [2.45, 2.75) is 20.3 Å². The fourth-order valence-electron chi connectivity index (χ4n) is 2.28. The van der Waals surface area contributed by atoms with Gasteiger partial charge in [-0.25, -0.2) is 9.97 Å². The molecule has 0 fully saturated rings. The number of ether oxygens (including phenoxy) is 1. The maximum absolute atomic E-state index is 11.3. The summed E-state index contributed by atoms with van der Waals surface area (Å²) in [5.74, 6) is 0.931. The number of hydrogen-bond donors (Lipinski definition) is 2. The minimum absolute atomic E-state index is 0.349. The van der Waals surface area contributed by atoms with Gasteiger partial charge in [-0.05, 0) is 41.9 Å². The van der Waals surface area contributed by atoms with Gasteiger partial charge in [0.05, 0.1) is 11.1 Å². The number of para-hydroxylation sites is 1. The highest BCUT2D eigenvalue weighted by atomic mass is 79.9. The van der Waals surface area contributed by atoms with Gasteiger partial charge in [0.2, 0.25) is 0 Å². The Bertz CT molecular complexity index is 944. The summed E-state index contributed by atoms with van der Waals surface area (Å²) in [5, 5.41) is 14.9. The highest BCUT2D eigenvalue weighted by Crippen LogP contribution is 2.33. The molecule has 3 rings (SSSR count). The third-order valence-corrected chi connectivity index (χ3v) is 5.01. The predicted octanol–water partition coefficient (Wildman–Crippen LogP) is 5.49. The molecule has 2 N–H and O–H groups in total. The van der Waals surface area contributed by atoms with Gasteiger partial charge in [0.25, 0.3) is 0 Å². The van der Waals surface area contributed by atoms with Crippen LogP contribution in [-0.4, -0.2) is 21.0 Å². The Morgan fingerprint density at radius 2 is 2.07 bits per heavy atom. The first-order valence-corrected chi connectivity index (χ1v) is 9.84. The van der Waals surface area contributed by atoms with Crippen LogP contribution in [0.3, 0.4) is 0 Å². The Morgan fingerprint density at radius 1 is 1.33 bits per heavy atom. The smallest absolute Gasteiger partial charge is 0.309 e. The summed E-state index contributed by atoms with van der Waals surface area (Å²) in [5.41, 5.74) is -0.152. The molecule has 0 saturated carbocycles. The maximum Gasteiger partial charge on any atom is 0.309 e. The zero-order valence-corrected chi connectivity index (χ0v) is 17.2. The van der Waals surface area contributed by atoms with Crippen LogP contribution in [0.25, 0.3) is 0 Å². The number of benzene rings is 1. The second-order valence-electron chi connectivity index (χ2n) is 6.55. The van der Waals surface area contributed by atoms with Crippen LogP contribution < -0.4 is 10.1 Å². The van der Waals surface area contributed by atoms with E-state index < -0.39 is 11.4 Å². The first-order chi connectivity index (χ1) is 12.8. The number of carbonyl (C=O) groups is 1. The number of carboxylic acids is 1. The standard InChI is InChI=1S/C19H18BrN3O3S/c1-19(2,17(24)25)9-13-11-27-18(22-13)23-16-15(8-12(20)10-21-16)26-14-6-4-3-5-7-14/h3-8,10-11H,9H2,1-2H3,(H,24,25)(H,21,22,23). The molecule has 0 aliphatic carbocycles. The average molecular weight is 448 g/mol. The van der Waals surface area contributed by atoms with E-state index in [-0.39, 0.29) is 0 Å². The highest BCUT2D eigenvalue weighted by Gasteiger charge is 2.28. The van der Waals surface area contributed by atoms with E-state index in [0.717, 1.165) is 10.2 Å². The van der Waals surface area contributed by atoms with Gasteiger partial charge in [-0.15, -0.1) is 11.3 Å². The number of pyridine rings is 1. The SMILES string of the molecule is CC(C)(Cc1csc(Nc2ncc(Br)cc2Oc2ccccc2)n1)C(=O)O. The fraction of sp³-hybridized carbons (Fsp3) is 0.211. The van der Waals surface area contributed by atoms with E-state index in [1.165, 1.54) is 11.3 Å². The summed E-state index contributed by atoms with van der Waals surface area (Å²) < 4.78 is 6.72. The van der Waals surface area contributed by atoms with Crippen LogP contribution in [-0.2, 0) is 11.2 Å². The van der Waals surface area contributed by atoms with E-state index in [2.05, 4.69) is 31.2 Å². The number of hydrogen-bond acceptors (Lipinski definition) is 6. The van der Waals surface area contributed by atoms with Gasteiger partial charge in [-0.3, -0.25) is 4.79 Å². The van der Waals surface area contributed by atoms with Crippen molar-refractivity contribution >= 4 is 44.2 Å². The predicted molar refractivity (Wildman–Crippen MR) is 109 cm³/mol. The molecule has 140 valence electrons. The highest BCUT2D eigenvalue weighted by molar-refractivity contribution is 9.10. The topological polar surface area (TPSA) is 84.3 Å². The summed E-state index contributed by atoms with van der Waals surface area (Å²) >= 11 is 4.80. The number of halogens is 1. The summed E-state index contributed by atoms with van der Waals surface area (Å²) in [4.78, 5) is 20.2. The van der Waals surface area contributed by atoms with Crippen molar-refractivity contribution in [2.24, 2.45) is 5.41 Å². The molecule has 0 bridgehead atoms. The summed E-state index contributed by atoms with van der Waals surface area (Å²) in [6.07, 6.45) is 2.02. The molecule has 0 unspecified atom stereocenters. The van der Waals surface area contributed by atoms with Crippen molar-refractivity contribution in [1.29, 1.82) is 0 Å². The summed E-state index contributed by atoms with van der Waals surface area (Å²) in [7, 11) is 0. The van der Waals surface area contributed by atoms with Gasteiger partial charge < -0.3 is 15.2 Å². The van der Waals surface area contributed by atoms with E-state index in [1.807, 2.05) is 41.8 Å². The van der Waals surface area contributed by atoms with Crippen LogP contribution in [0.2, 0.25) is 0 Å². The summed E-state index contributed by atoms with van der Waals surface area (Å²) in [6, 6.07) is 11.3. The van der Waals surface area contributed by atoms with Crippen LogP contribution in [0.4, 0.5) is 10.9 Å². The fourth-order valence-corrected chi connectivity index (χ4v) is 3.30.